The molecule has 0 aliphatic carbocycles. The Hall–Kier alpha value is -2.37. The Labute approximate surface area is 156 Å². The van der Waals surface area contributed by atoms with E-state index in [9.17, 15) is 9.59 Å². The summed E-state index contributed by atoms with van der Waals surface area (Å²) in [6, 6.07) is 10.7. The number of likely N-dealkylation sites (tertiary alicyclic amines) is 1. The van der Waals surface area contributed by atoms with Gasteiger partial charge in [-0.15, -0.1) is 0 Å². The number of amides is 2. The molecule has 1 aromatic carbocycles. The Morgan fingerprint density at radius 1 is 1.19 bits per heavy atom. The minimum Gasteiger partial charge on any atom is -0.357 e. The lowest BCUT2D eigenvalue weighted by Crippen LogP contribution is -2.44. The third-order valence-corrected chi connectivity index (χ3v) is 4.41. The summed E-state index contributed by atoms with van der Waals surface area (Å²) in [6.45, 7) is 5.68. The first-order valence-corrected chi connectivity index (χ1v) is 9.52. The van der Waals surface area contributed by atoms with Gasteiger partial charge in [-0.2, -0.15) is 0 Å². The smallest absolute Gasteiger partial charge is 0.229 e. The zero-order chi connectivity index (χ0) is 18.8. The van der Waals surface area contributed by atoms with Crippen LogP contribution in [0.25, 0.3) is 0 Å². The average molecular weight is 358 g/mol. The minimum atomic E-state index is -0.0781. The van der Waals surface area contributed by atoms with Crippen molar-refractivity contribution < 1.29 is 9.59 Å². The lowest BCUT2D eigenvalue weighted by atomic mass is 10.1. The van der Waals surface area contributed by atoms with Gasteiger partial charge in [0.05, 0.1) is 6.54 Å². The molecule has 1 aromatic rings. The summed E-state index contributed by atoms with van der Waals surface area (Å²) in [5.74, 6) is 0.571. The first kappa shape index (κ1) is 19.9. The highest BCUT2D eigenvalue weighted by Crippen LogP contribution is 2.11. The van der Waals surface area contributed by atoms with Gasteiger partial charge in [0.25, 0.3) is 0 Å². The van der Waals surface area contributed by atoms with E-state index < -0.39 is 0 Å². The molecule has 2 N–H and O–H groups in total. The highest BCUT2D eigenvalue weighted by atomic mass is 16.2. The monoisotopic (exact) mass is 358 g/mol. The number of aliphatic imine (C=N–C) groups is 1. The first-order valence-electron chi connectivity index (χ1n) is 9.52. The molecule has 1 atom stereocenters. The number of carbonyl (C=O) groups excluding carboxylic acids is 2. The third kappa shape index (κ3) is 6.50. The molecule has 0 aromatic heterocycles. The summed E-state index contributed by atoms with van der Waals surface area (Å²) < 4.78 is 0. The summed E-state index contributed by atoms with van der Waals surface area (Å²) in [7, 11) is 0. The molecule has 2 rings (SSSR count). The van der Waals surface area contributed by atoms with Gasteiger partial charge in [-0.3, -0.25) is 19.5 Å². The number of benzene rings is 1. The molecule has 1 saturated heterocycles. The van der Waals surface area contributed by atoms with Crippen LogP contribution in [-0.2, 0) is 16.0 Å². The number of rotatable bonds is 8. The van der Waals surface area contributed by atoms with Gasteiger partial charge >= 0.3 is 0 Å². The van der Waals surface area contributed by atoms with Gasteiger partial charge in [-0.25, -0.2) is 0 Å². The Morgan fingerprint density at radius 2 is 1.88 bits per heavy atom. The second-order valence-corrected chi connectivity index (χ2v) is 6.62. The van der Waals surface area contributed by atoms with Crippen molar-refractivity contribution in [3.05, 3.63) is 35.9 Å². The van der Waals surface area contributed by atoms with Crippen molar-refractivity contribution in [2.24, 2.45) is 4.99 Å². The van der Waals surface area contributed by atoms with E-state index >= 15 is 0 Å². The van der Waals surface area contributed by atoms with Gasteiger partial charge in [0.2, 0.25) is 11.8 Å². The number of nitrogens with one attached hydrogen (secondary N) is 2. The SMILES string of the molecule is CCNC(=NCCN1C(=O)CCCC1=O)NC(C)CCc1ccccc1. The second-order valence-electron chi connectivity index (χ2n) is 6.62. The zero-order valence-corrected chi connectivity index (χ0v) is 15.8. The summed E-state index contributed by atoms with van der Waals surface area (Å²) in [4.78, 5) is 29.5. The number of hydrogen-bond acceptors (Lipinski definition) is 3. The van der Waals surface area contributed by atoms with Crippen LogP contribution >= 0.6 is 0 Å². The van der Waals surface area contributed by atoms with Crippen LogP contribution in [0.15, 0.2) is 35.3 Å². The van der Waals surface area contributed by atoms with Gasteiger partial charge in [-0.1, -0.05) is 30.3 Å². The topological polar surface area (TPSA) is 73.8 Å². The fourth-order valence-electron chi connectivity index (χ4n) is 2.96. The van der Waals surface area contributed by atoms with E-state index in [1.807, 2.05) is 13.0 Å². The van der Waals surface area contributed by atoms with Crippen LogP contribution in [0.2, 0.25) is 0 Å². The predicted octanol–water partition coefficient (Wildman–Crippen LogP) is 2.10. The number of piperidine rings is 1. The zero-order valence-electron chi connectivity index (χ0n) is 15.8. The molecule has 0 bridgehead atoms. The van der Waals surface area contributed by atoms with E-state index in [4.69, 9.17) is 0 Å². The summed E-state index contributed by atoms with van der Waals surface area (Å²) in [5, 5.41) is 6.62. The molecule has 1 heterocycles. The maximum absolute atomic E-state index is 11.8. The number of aryl methyl sites for hydroxylation is 1. The van der Waals surface area contributed by atoms with Gasteiger partial charge in [0.1, 0.15) is 0 Å². The maximum atomic E-state index is 11.8. The Kier molecular flexibility index (Phi) is 8.12. The van der Waals surface area contributed by atoms with Crippen LogP contribution < -0.4 is 10.6 Å². The Morgan fingerprint density at radius 3 is 2.54 bits per heavy atom. The minimum absolute atomic E-state index is 0.0781. The van der Waals surface area contributed by atoms with Crippen molar-refractivity contribution in [3.63, 3.8) is 0 Å². The Balaban J connectivity index is 1.81. The van der Waals surface area contributed by atoms with Crippen LogP contribution in [-0.4, -0.2) is 48.3 Å². The van der Waals surface area contributed by atoms with Gasteiger partial charge < -0.3 is 10.6 Å². The molecular formula is C20H30N4O2. The molecule has 1 aliphatic heterocycles. The fourth-order valence-corrected chi connectivity index (χ4v) is 2.96. The molecule has 26 heavy (non-hydrogen) atoms. The molecule has 6 heteroatoms. The van der Waals surface area contributed by atoms with Crippen LogP contribution in [0.3, 0.4) is 0 Å². The normalized spacial score (nSPS) is 16.5. The van der Waals surface area contributed by atoms with Crippen LogP contribution in [0.5, 0.6) is 0 Å². The fraction of sp³-hybridized carbons (Fsp3) is 0.550. The van der Waals surface area contributed by atoms with Crippen molar-refractivity contribution in [1.29, 1.82) is 0 Å². The average Bonchev–Trinajstić information content (AvgIpc) is 2.63. The van der Waals surface area contributed by atoms with Crippen LogP contribution in [0.1, 0.15) is 45.1 Å². The van der Waals surface area contributed by atoms with Crippen molar-refractivity contribution in [1.82, 2.24) is 15.5 Å². The molecule has 0 radical (unpaired) electrons. The van der Waals surface area contributed by atoms with E-state index in [2.05, 4.69) is 46.8 Å². The van der Waals surface area contributed by atoms with Crippen molar-refractivity contribution in [2.75, 3.05) is 19.6 Å². The predicted molar refractivity (Wildman–Crippen MR) is 104 cm³/mol. The van der Waals surface area contributed by atoms with Gasteiger partial charge in [0, 0.05) is 32.0 Å². The summed E-state index contributed by atoms with van der Waals surface area (Å²) in [6.07, 6.45) is 3.60. The Bertz CT molecular complexity index is 599. The van der Waals surface area contributed by atoms with E-state index in [0.29, 0.717) is 32.4 Å². The number of guanidine groups is 1. The van der Waals surface area contributed by atoms with E-state index in [0.717, 1.165) is 25.3 Å². The van der Waals surface area contributed by atoms with E-state index in [1.54, 1.807) is 0 Å². The standard InChI is InChI=1S/C20H30N4O2/c1-3-21-20(22-14-15-24-18(25)10-7-11-19(24)26)23-16(2)12-13-17-8-5-4-6-9-17/h4-6,8-9,16H,3,7,10-15H2,1-2H3,(H2,21,22,23). The number of nitrogens with zero attached hydrogens (tertiary/aromatic N) is 2. The lowest BCUT2D eigenvalue weighted by molar-refractivity contribution is -0.147. The molecule has 0 saturated carbocycles. The number of hydrogen-bond donors (Lipinski definition) is 2. The molecular weight excluding hydrogens is 328 g/mol. The molecule has 1 fully saturated rings. The largest absolute Gasteiger partial charge is 0.357 e. The van der Waals surface area contributed by atoms with Crippen molar-refractivity contribution in [2.45, 2.75) is 52.0 Å². The van der Waals surface area contributed by atoms with Gasteiger partial charge in [0.15, 0.2) is 5.96 Å². The molecule has 0 spiro atoms. The molecule has 1 unspecified atom stereocenters. The highest BCUT2D eigenvalue weighted by molar-refractivity contribution is 5.97. The summed E-state index contributed by atoms with van der Waals surface area (Å²) >= 11 is 0. The second kappa shape index (κ2) is 10.6. The molecule has 1 aliphatic rings. The van der Waals surface area contributed by atoms with Crippen molar-refractivity contribution in [3.8, 4) is 0 Å². The summed E-state index contributed by atoms with van der Waals surface area (Å²) in [5.41, 5.74) is 1.32. The maximum Gasteiger partial charge on any atom is 0.229 e. The van der Waals surface area contributed by atoms with E-state index in [-0.39, 0.29) is 17.9 Å². The third-order valence-electron chi connectivity index (χ3n) is 4.41. The number of imide groups is 1. The first-order chi connectivity index (χ1) is 12.6. The quantitative estimate of drug-likeness (QED) is 0.424. The van der Waals surface area contributed by atoms with E-state index in [1.165, 1.54) is 10.5 Å². The van der Waals surface area contributed by atoms with Gasteiger partial charge in [-0.05, 0) is 38.7 Å². The molecule has 6 nitrogen and oxygen atoms in total. The molecule has 142 valence electrons. The molecule has 2 amide bonds. The highest BCUT2D eigenvalue weighted by Gasteiger charge is 2.25. The van der Waals surface area contributed by atoms with Crippen molar-refractivity contribution >= 4 is 17.8 Å². The van der Waals surface area contributed by atoms with Crippen LogP contribution in [0.4, 0.5) is 0 Å². The number of carbonyl (C=O) groups is 2. The lowest BCUT2D eigenvalue weighted by Gasteiger charge is -2.24. The van der Waals surface area contributed by atoms with Crippen LogP contribution in [0, 0.1) is 0 Å².